The van der Waals surface area contributed by atoms with Crippen molar-refractivity contribution in [3.05, 3.63) is 35.9 Å². The molecule has 0 radical (unpaired) electrons. The number of amides is 1. The molecule has 5 nitrogen and oxygen atoms in total. The summed E-state index contributed by atoms with van der Waals surface area (Å²) in [4.78, 5) is 17.5. The third-order valence-electron chi connectivity index (χ3n) is 8.08. The maximum atomic E-state index is 12.3. The minimum atomic E-state index is 0.249. The van der Waals surface area contributed by atoms with Crippen LogP contribution in [-0.2, 0) is 11.3 Å². The predicted molar refractivity (Wildman–Crippen MR) is 131 cm³/mol. The van der Waals surface area contributed by atoms with Gasteiger partial charge in [-0.1, -0.05) is 37.3 Å². The molecular formula is C27H44N4O. The fraction of sp³-hybridized carbons (Fsp3) is 0.741. The molecule has 2 bridgehead atoms. The molecule has 0 unspecified atom stereocenters. The largest absolute Gasteiger partial charge is 0.356 e. The molecule has 3 aliphatic heterocycles. The number of nitrogens with zero attached hydrogens (tertiary/aromatic N) is 2. The number of carbonyl (C=O) groups excluding carboxylic acids is 1. The zero-order valence-electron chi connectivity index (χ0n) is 20.1. The van der Waals surface area contributed by atoms with E-state index in [2.05, 4.69) is 57.7 Å². The summed E-state index contributed by atoms with van der Waals surface area (Å²) in [6.07, 6.45) is 7.88. The summed E-state index contributed by atoms with van der Waals surface area (Å²) < 4.78 is 0. The number of hydrogen-bond acceptors (Lipinski definition) is 4. The van der Waals surface area contributed by atoms with Crippen LogP contribution in [0.1, 0.15) is 57.4 Å². The molecular weight excluding hydrogens is 396 g/mol. The van der Waals surface area contributed by atoms with Gasteiger partial charge in [-0.25, -0.2) is 0 Å². The van der Waals surface area contributed by atoms with Gasteiger partial charge in [0.2, 0.25) is 5.91 Å². The highest BCUT2D eigenvalue weighted by Gasteiger charge is 2.36. The van der Waals surface area contributed by atoms with Gasteiger partial charge in [-0.2, -0.15) is 0 Å². The van der Waals surface area contributed by atoms with E-state index >= 15 is 0 Å². The molecule has 5 heteroatoms. The molecule has 178 valence electrons. The normalized spacial score (nSPS) is 27.3. The maximum absolute atomic E-state index is 12.3. The summed E-state index contributed by atoms with van der Waals surface area (Å²) in [5.74, 6) is 2.55. The first kappa shape index (κ1) is 23.7. The number of hydrogen-bond donors (Lipinski definition) is 2. The van der Waals surface area contributed by atoms with Gasteiger partial charge < -0.3 is 15.5 Å². The second-order valence-corrected chi connectivity index (χ2v) is 10.5. The van der Waals surface area contributed by atoms with Crippen LogP contribution in [0.25, 0.3) is 0 Å². The highest BCUT2D eigenvalue weighted by molar-refractivity contribution is 5.75. The first-order chi connectivity index (χ1) is 15.7. The Kier molecular flexibility index (Phi) is 9.01. The molecule has 0 aromatic heterocycles. The molecule has 1 aromatic carbocycles. The van der Waals surface area contributed by atoms with Crippen LogP contribution in [0.2, 0.25) is 0 Å². The summed E-state index contributed by atoms with van der Waals surface area (Å²) >= 11 is 0. The summed E-state index contributed by atoms with van der Waals surface area (Å²) in [7, 11) is 0. The molecule has 32 heavy (non-hydrogen) atoms. The number of nitrogens with one attached hydrogen (secondary N) is 2. The van der Waals surface area contributed by atoms with Gasteiger partial charge in [0, 0.05) is 38.6 Å². The Labute approximate surface area is 195 Å². The minimum absolute atomic E-state index is 0.249. The van der Waals surface area contributed by atoms with Crippen LogP contribution < -0.4 is 10.6 Å². The smallest absolute Gasteiger partial charge is 0.219 e. The van der Waals surface area contributed by atoms with E-state index in [1.165, 1.54) is 57.5 Å². The number of likely N-dealkylation sites (tertiary alicyclic amines) is 2. The number of fused-ring (bicyclic) bond motifs is 2. The number of piperidine rings is 3. The van der Waals surface area contributed by atoms with E-state index in [0.29, 0.717) is 12.5 Å². The van der Waals surface area contributed by atoms with E-state index in [4.69, 9.17) is 0 Å². The highest BCUT2D eigenvalue weighted by Crippen LogP contribution is 2.31. The molecule has 2 N–H and O–H groups in total. The van der Waals surface area contributed by atoms with Crippen LogP contribution in [0, 0.1) is 17.8 Å². The van der Waals surface area contributed by atoms with Crippen LogP contribution in [0.4, 0.5) is 0 Å². The second-order valence-electron chi connectivity index (χ2n) is 10.5. The topological polar surface area (TPSA) is 47.6 Å². The molecule has 0 aliphatic carbocycles. The first-order valence-corrected chi connectivity index (χ1v) is 13.2. The van der Waals surface area contributed by atoms with Crippen molar-refractivity contribution in [2.75, 3.05) is 45.8 Å². The molecule has 4 rings (SSSR count). The molecule has 0 saturated carbocycles. The Hall–Kier alpha value is -1.43. The molecule has 3 heterocycles. The quantitative estimate of drug-likeness (QED) is 0.585. The summed E-state index contributed by atoms with van der Waals surface area (Å²) in [6.45, 7) is 11.3. The van der Waals surface area contributed by atoms with Gasteiger partial charge in [0.1, 0.15) is 0 Å². The van der Waals surface area contributed by atoms with Gasteiger partial charge in [-0.05, 0) is 88.0 Å². The van der Waals surface area contributed by atoms with E-state index in [1.54, 1.807) is 0 Å². The lowest BCUT2D eigenvalue weighted by molar-refractivity contribution is -0.121. The summed E-state index contributed by atoms with van der Waals surface area (Å²) in [5, 5.41) is 7.00. The number of benzene rings is 1. The number of rotatable bonds is 10. The Morgan fingerprint density at radius 1 is 1.09 bits per heavy atom. The van der Waals surface area contributed by atoms with Crippen molar-refractivity contribution in [1.82, 2.24) is 20.4 Å². The zero-order chi connectivity index (χ0) is 22.2. The van der Waals surface area contributed by atoms with Crippen LogP contribution in [-0.4, -0.2) is 67.6 Å². The average molecular weight is 441 g/mol. The highest BCUT2D eigenvalue weighted by atomic mass is 16.1. The standard InChI is InChI=1S/C27H44N4O/c1-2-30-15-12-22(13-16-30)11-14-28-27(32)10-6-9-26-25-17-24(18-29-26)20-31(21-25)19-23-7-4-3-5-8-23/h3-5,7-8,22,24-26,29H,2,6,9-21H2,1H3,(H,28,32)/t24-,25-,26+/m0/s1. The molecule has 1 aromatic rings. The van der Waals surface area contributed by atoms with Crippen LogP contribution >= 0.6 is 0 Å². The number of carbonyl (C=O) groups is 1. The zero-order valence-corrected chi connectivity index (χ0v) is 20.1. The Balaban J connectivity index is 1.11. The Morgan fingerprint density at radius 2 is 1.91 bits per heavy atom. The van der Waals surface area contributed by atoms with E-state index in [-0.39, 0.29) is 5.91 Å². The maximum Gasteiger partial charge on any atom is 0.219 e. The van der Waals surface area contributed by atoms with E-state index < -0.39 is 0 Å². The average Bonchev–Trinajstić information content (AvgIpc) is 2.82. The lowest BCUT2D eigenvalue weighted by Crippen LogP contribution is -2.55. The summed E-state index contributed by atoms with van der Waals surface area (Å²) in [6, 6.07) is 11.4. The first-order valence-electron chi connectivity index (χ1n) is 13.2. The van der Waals surface area contributed by atoms with Crippen molar-refractivity contribution in [3.8, 4) is 0 Å². The molecule has 0 spiro atoms. The molecule has 3 saturated heterocycles. The van der Waals surface area contributed by atoms with Gasteiger partial charge in [-0.3, -0.25) is 9.69 Å². The van der Waals surface area contributed by atoms with Gasteiger partial charge in [0.15, 0.2) is 0 Å². The minimum Gasteiger partial charge on any atom is -0.356 e. The van der Waals surface area contributed by atoms with Gasteiger partial charge in [0.05, 0.1) is 0 Å². The van der Waals surface area contributed by atoms with E-state index in [1.807, 2.05) is 0 Å². The van der Waals surface area contributed by atoms with Gasteiger partial charge >= 0.3 is 0 Å². The molecule has 1 amide bonds. The fourth-order valence-corrected chi connectivity index (χ4v) is 6.16. The Morgan fingerprint density at radius 3 is 2.69 bits per heavy atom. The van der Waals surface area contributed by atoms with Crippen molar-refractivity contribution < 1.29 is 4.79 Å². The van der Waals surface area contributed by atoms with Gasteiger partial charge in [-0.15, -0.1) is 0 Å². The van der Waals surface area contributed by atoms with Crippen LogP contribution in [0.5, 0.6) is 0 Å². The van der Waals surface area contributed by atoms with Crippen molar-refractivity contribution in [3.63, 3.8) is 0 Å². The van der Waals surface area contributed by atoms with Crippen molar-refractivity contribution in [2.24, 2.45) is 17.8 Å². The molecule has 3 fully saturated rings. The third-order valence-corrected chi connectivity index (χ3v) is 8.08. The third kappa shape index (κ3) is 7.03. The monoisotopic (exact) mass is 440 g/mol. The second kappa shape index (κ2) is 12.2. The van der Waals surface area contributed by atoms with E-state index in [9.17, 15) is 4.79 Å². The van der Waals surface area contributed by atoms with Crippen molar-refractivity contribution in [1.29, 1.82) is 0 Å². The fourth-order valence-electron chi connectivity index (χ4n) is 6.16. The van der Waals surface area contributed by atoms with Crippen molar-refractivity contribution in [2.45, 2.75) is 64.5 Å². The molecule has 3 aliphatic rings. The van der Waals surface area contributed by atoms with Gasteiger partial charge in [0.25, 0.3) is 0 Å². The predicted octanol–water partition coefficient (Wildman–Crippen LogP) is 3.51. The van der Waals surface area contributed by atoms with E-state index in [0.717, 1.165) is 56.7 Å². The SMILES string of the molecule is CCN1CCC(CCNC(=O)CCC[C@H]2NC[C@@H]3C[C@H]2CN(Cc2ccccc2)C3)CC1. The molecule has 3 atom stereocenters. The van der Waals surface area contributed by atoms with Crippen LogP contribution in [0.3, 0.4) is 0 Å². The Bertz CT molecular complexity index is 688. The van der Waals surface area contributed by atoms with Crippen molar-refractivity contribution >= 4 is 5.91 Å². The lowest BCUT2D eigenvalue weighted by Gasteiger charge is -2.46. The summed E-state index contributed by atoms with van der Waals surface area (Å²) in [5.41, 5.74) is 1.42. The lowest BCUT2D eigenvalue weighted by atomic mass is 9.79. The van der Waals surface area contributed by atoms with Crippen LogP contribution in [0.15, 0.2) is 30.3 Å².